The van der Waals surface area contributed by atoms with Gasteiger partial charge in [-0.15, -0.1) is 0 Å². The minimum absolute atomic E-state index is 0.270. The first-order valence-corrected chi connectivity index (χ1v) is 4.53. The number of pyridine rings is 2. The van der Waals surface area contributed by atoms with E-state index in [4.69, 9.17) is 15.7 Å². The molecule has 0 saturated carbocycles. The number of nitrogens with zero attached hydrogens (tertiary/aromatic N) is 3. The molecule has 0 bridgehead atoms. The highest BCUT2D eigenvalue weighted by molar-refractivity contribution is 5.53. The highest BCUT2D eigenvalue weighted by atomic mass is 16.5. The number of hydrogen-bond donors (Lipinski definition) is 1. The summed E-state index contributed by atoms with van der Waals surface area (Å²) in [4.78, 5) is 7.85. The van der Waals surface area contributed by atoms with Crippen molar-refractivity contribution in [1.29, 1.82) is 5.26 Å². The van der Waals surface area contributed by atoms with Gasteiger partial charge in [-0.2, -0.15) is 5.26 Å². The third-order valence-electron chi connectivity index (χ3n) is 1.86. The molecule has 2 aromatic heterocycles. The second-order valence-corrected chi connectivity index (χ2v) is 3.02. The first-order valence-electron chi connectivity index (χ1n) is 4.53. The number of nitrogens with two attached hydrogens (primary N) is 1. The van der Waals surface area contributed by atoms with Crippen LogP contribution >= 0.6 is 0 Å². The summed E-state index contributed by atoms with van der Waals surface area (Å²) in [6.45, 7) is 0. The smallest absolute Gasteiger partial charge is 0.242 e. The number of anilines is 1. The van der Waals surface area contributed by atoms with Gasteiger partial charge in [0.05, 0.1) is 17.4 Å². The zero-order chi connectivity index (χ0) is 11.4. The van der Waals surface area contributed by atoms with E-state index < -0.39 is 0 Å². The predicted molar refractivity (Wildman–Crippen MR) is 57.7 cm³/mol. The molecule has 2 aromatic rings. The van der Waals surface area contributed by atoms with Crippen molar-refractivity contribution >= 4 is 5.69 Å². The van der Waals surface area contributed by atoms with Crippen molar-refractivity contribution in [2.24, 2.45) is 0 Å². The van der Waals surface area contributed by atoms with Gasteiger partial charge < -0.3 is 10.5 Å². The molecule has 0 amide bonds. The number of hydrogen-bond acceptors (Lipinski definition) is 5. The summed E-state index contributed by atoms with van der Waals surface area (Å²) in [7, 11) is 0. The molecule has 78 valence electrons. The van der Waals surface area contributed by atoms with Crippen LogP contribution in [0.5, 0.6) is 11.6 Å². The van der Waals surface area contributed by atoms with Crippen molar-refractivity contribution in [3.05, 3.63) is 42.4 Å². The Labute approximate surface area is 92.1 Å². The fraction of sp³-hybridized carbons (Fsp3) is 0. The number of aromatic nitrogens is 2. The second kappa shape index (κ2) is 4.28. The molecule has 0 aliphatic heterocycles. The molecule has 0 radical (unpaired) electrons. The maximum absolute atomic E-state index is 8.65. The maximum atomic E-state index is 8.65. The Bertz CT molecular complexity index is 533. The Morgan fingerprint density at radius 1 is 1.38 bits per heavy atom. The highest BCUT2D eigenvalue weighted by Gasteiger charge is 2.04. The summed E-state index contributed by atoms with van der Waals surface area (Å²) in [5.41, 5.74) is 6.41. The summed E-state index contributed by atoms with van der Waals surface area (Å²) in [5, 5.41) is 8.65. The Hall–Kier alpha value is -2.61. The average Bonchev–Trinajstić information content (AvgIpc) is 2.33. The minimum Gasteiger partial charge on any atom is -0.435 e. The van der Waals surface area contributed by atoms with Gasteiger partial charge in [0.25, 0.3) is 0 Å². The number of nitrogen functional groups attached to an aromatic ring is 1. The van der Waals surface area contributed by atoms with Crippen molar-refractivity contribution in [1.82, 2.24) is 9.97 Å². The zero-order valence-electron chi connectivity index (χ0n) is 8.29. The van der Waals surface area contributed by atoms with E-state index in [1.54, 1.807) is 24.5 Å². The van der Waals surface area contributed by atoms with Gasteiger partial charge in [-0.1, -0.05) is 0 Å². The lowest BCUT2D eigenvalue weighted by atomic mass is 10.3. The van der Waals surface area contributed by atoms with Gasteiger partial charge >= 0.3 is 0 Å². The molecule has 5 nitrogen and oxygen atoms in total. The van der Waals surface area contributed by atoms with E-state index in [9.17, 15) is 0 Å². The van der Waals surface area contributed by atoms with Gasteiger partial charge in [0.15, 0.2) is 0 Å². The second-order valence-electron chi connectivity index (χ2n) is 3.02. The van der Waals surface area contributed by atoms with Crippen LogP contribution < -0.4 is 10.5 Å². The van der Waals surface area contributed by atoms with Gasteiger partial charge in [-0.3, -0.25) is 4.98 Å². The largest absolute Gasteiger partial charge is 0.435 e. The van der Waals surface area contributed by atoms with E-state index >= 15 is 0 Å². The van der Waals surface area contributed by atoms with Crippen LogP contribution in [0.25, 0.3) is 0 Å². The Morgan fingerprint density at radius 3 is 2.88 bits per heavy atom. The summed E-state index contributed by atoms with van der Waals surface area (Å²) < 4.78 is 5.40. The van der Waals surface area contributed by atoms with Crippen LogP contribution in [0.2, 0.25) is 0 Å². The number of ether oxygens (including phenoxy) is 1. The normalized spacial score (nSPS) is 9.44. The standard InChI is InChI=1S/C11H8N4O/c12-5-8-4-10(13)11(15-6-8)16-9-2-1-3-14-7-9/h1-4,6-7H,13H2. The zero-order valence-corrected chi connectivity index (χ0v) is 8.29. The molecular weight excluding hydrogens is 204 g/mol. The molecule has 5 heteroatoms. The van der Waals surface area contributed by atoms with E-state index in [0.29, 0.717) is 17.0 Å². The molecule has 0 fully saturated rings. The molecule has 2 N–H and O–H groups in total. The summed E-state index contributed by atoms with van der Waals surface area (Å²) in [5.74, 6) is 0.818. The lowest BCUT2D eigenvalue weighted by molar-refractivity contribution is 0.463. The first-order chi connectivity index (χ1) is 7.79. The van der Waals surface area contributed by atoms with Crippen molar-refractivity contribution in [2.75, 3.05) is 5.73 Å². The van der Waals surface area contributed by atoms with Crippen LogP contribution in [-0.2, 0) is 0 Å². The van der Waals surface area contributed by atoms with Gasteiger partial charge in [0.2, 0.25) is 5.88 Å². The van der Waals surface area contributed by atoms with Crippen molar-refractivity contribution in [3.8, 4) is 17.7 Å². The molecule has 0 unspecified atom stereocenters. The molecule has 0 aliphatic carbocycles. The molecule has 0 aliphatic rings. The summed E-state index contributed by atoms with van der Waals surface area (Å²) >= 11 is 0. The van der Waals surface area contributed by atoms with E-state index in [1.807, 2.05) is 6.07 Å². The molecule has 16 heavy (non-hydrogen) atoms. The maximum Gasteiger partial charge on any atom is 0.242 e. The van der Waals surface area contributed by atoms with E-state index in [-0.39, 0.29) is 5.88 Å². The fourth-order valence-corrected chi connectivity index (χ4v) is 1.13. The Balaban J connectivity index is 2.27. The Kier molecular flexibility index (Phi) is 2.65. The summed E-state index contributed by atoms with van der Waals surface area (Å²) in [6, 6.07) is 6.95. The van der Waals surface area contributed by atoms with Crippen molar-refractivity contribution in [3.63, 3.8) is 0 Å². The van der Waals surface area contributed by atoms with Gasteiger partial charge in [0, 0.05) is 12.4 Å². The molecular formula is C11H8N4O. The van der Waals surface area contributed by atoms with E-state index in [1.165, 1.54) is 12.3 Å². The lowest BCUT2D eigenvalue weighted by Crippen LogP contribution is -1.96. The molecule has 0 spiro atoms. The van der Waals surface area contributed by atoms with Gasteiger partial charge in [-0.25, -0.2) is 4.98 Å². The highest BCUT2D eigenvalue weighted by Crippen LogP contribution is 2.24. The fourth-order valence-electron chi connectivity index (χ4n) is 1.13. The third kappa shape index (κ3) is 2.07. The van der Waals surface area contributed by atoms with Crippen LogP contribution in [0, 0.1) is 11.3 Å². The van der Waals surface area contributed by atoms with E-state index in [0.717, 1.165) is 0 Å². The van der Waals surface area contributed by atoms with Gasteiger partial charge in [-0.05, 0) is 18.2 Å². The van der Waals surface area contributed by atoms with Crippen LogP contribution in [0.15, 0.2) is 36.8 Å². The lowest BCUT2D eigenvalue weighted by Gasteiger charge is -2.06. The SMILES string of the molecule is N#Cc1cnc(Oc2cccnc2)c(N)c1. The predicted octanol–water partition coefficient (Wildman–Crippen LogP) is 1.72. The quantitative estimate of drug-likeness (QED) is 0.819. The van der Waals surface area contributed by atoms with Crippen LogP contribution in [0.1, 0.15) is 5.56 Å². The number of nitriles is 1. The van der Waals surface area contributed by atoms with E-state index in [2.05, 4.69) is 9.97 Å². The minimum atomic E-state index is 0.270. The number of rotatable bonds is 2. The average molecular weight is 212 g/mol. The van der Waals surface area contributed by atoms with Crippen LogP contribution in [0.3, 0.4) is 0 Å². The molecule has 0 aromatic carbocycles. The van der Waals surface area contributed by atoms with Crippen molar-refractivity contribution in [2.45, 2.75) is 0 Å². The monoisotopic (exact) mass is 212 g/mol. The van der Waals surface area contributed by atoms with Crippen LogP contribution in [-0.4, -0.2) is 9.97 Å². The Morgan fingerprint density at radius 2 is 2.25 bits per heavy atom. The summed E-state index contributed by atoms with van der Waals surface area (Å²) in [6.07, 6.45) is 4.60. The van der Waals surface area contributed by atoms with Crippen LogP contribution in [0.4, 0.5) is 5.69 Å². The molecule has 2 heterocycles. The van der Waals surface area contributed by atoms with Crippen molar-refractivity contribution < 1.29 is 4.74 Å². The molecule has 0 saturated heterocycles. The first kappa shape index (κ1) is 9.93. The van der Waals surface area contributed by atoms with Gasteiger partial charge in [0.1, 0.15) is 11.8 Å². The molecule has 0 atom stereocenters. The third-order valence-corrected chi connectivity index (χ3v) is 1.86. The topological polar surface area (TPSA) is 84.8 Å². The molecule has 2 rings (SSSR count).